The molecule has 0 fully saturated rings. The van der Waals surface area contributed by atoms with Crippen molar-refractivity contribution >= 4 is 5.97 Å². The predicted molar refractivity (Wildman–Crippen MR) is 104 cm³/mol. The van der Waals surface area contributed by atoms with Crippen molar-refractivity contribution in [1.82, 2.24) is 4.98 Å². The fourth-order valence-electron chi connectivity index (χ4n) is 3.42. The molecule has 154 valence electrons. The van der Waals surface area contributed by atoms with Crippen LogP contribution < -0.4 is 30.2 Å². The average molecular weight is 402 g/mol. The lowest BCUT2D eigenvalue weighted by Gasteiger charge is -2.28. The van der Waals surface area contributed by atoms with Crippen LogP contribution in [-0.2, 0) is 9.53 Å². The molecule has 1 aromatic carbocycles. The summed E-state index contributed by atoms with van der Waals surface area (Å²) in [5.41, 5.74) is 6.97. The number of aromatic nitrogens is 1. The van der Waals surface area contributed by atoms with Crippen LogP contribution in [0, 0.1) is 6.92 Å². The molecule has 0 radical (unpaired) electrons. The van der Waals surface area contributed by atoms with Gasteiger partial charge < -0.3 is 34.4 Å². The van der Waals surface area contributed by atoms with Crippen molar-refractivity contribution in [1.29, 1.82) is 0 Å². The molecule has 3 rings (SSSR count). The molecule has 0 aliphatic carbocycles. The molecule has 9 nitrogen and oxygen atoms in total. The molecule has 1 aliphatic rings. The molecule has 2 heterocycles. The summed E-state index contributed by atoms with van der Waals surface area (Å²) in [4.78, 5) is 28.1. The predicted octanol–water partition coefficient (Wildman–Crippen LogP) is 1.58. The zero-order chi connectivity index (χ0) is 21.3. The maximum Gasteiger partial charge on any atom is 0.340 e. The first kappa shape index (κ1) is 20.1. The van der Waals surface area contributed by atoms with Gasteiger partial charge >= 0.3 is 5.97 Å². The summed E-state index contributed by atoms with van der Waals surface area (Å²) in [7, 11) is 5.65. The van der Waals surface area contributed by atoms with Crippen molar-refractivity contribution in [3.8, 4) is 23.0 Å². The number of nitrogens with two attached hydrogens (primary N) is 1. The number of ether oxygens (including phenoxy) is 5. The van der Waals surface area contributed by atoms with Crippen molar-refractivity contribution in [3.63, 3.8) is 0 Å². The third-order valence-corrected chi connectivity index (χ3v) is 4.66. The Balaban J connectivity index is 2.36. The maximum absolute atomic E-state index is 12.8. The van der Waals surface area contributed by atoms with E-state index in [1.165, 1.54) is 28.4 Å². The number of fused-ring (bicyclic) bond motifs is 1. The second-order valence-electron chi connectivity index (χ2n) is 6.32. The summed E-state index contributed by atoms with van der Waals surface area (Å²) >= 11 is 0. The quantitative estimate of drug-likeness (QED) is 0.723. The molecule has 1 atom stereocenters. The third-order valence-electron chi connectivity index (χ3n) is 4.66. The van der Waals surface area contributed by atoms with Gasteiger partial charge in [0.05, 0.1) is 39.9 Å². The number of hydrogen-bond donors (Lipinski definition) is 2. The molecule has 9 heteroatoms. The van der Waals surface area contributed by atoms with Crippen LogP contribution in [0.2, 0.25) is 0 Å². The minimum Gasteiger partial charge on any atom is -0.493 e. The Bertz CT molecular complexity index is 1030. The number of esters is 1. The summed E-state index contributed by atoms with van der Waals surface area (Å²) in [6.07, 6.45) is 0. The first-order chi connectivity index (χ1) is 13.9. The lowest BCUT2D eigenvalue weighted by atomic mass is 9.83. The summed E-state index contributed by atoms with van der Waals surface area (Å²) in [6, 6.07) is 4.94. The Hall–Kier alpha value is -3.62. The van der Waals surface area contributed by atoms with Gasteiger partial charge in [0.25, 0.3) is 5.56 Å². The van der Waals surface area contributed by atoms with E-state index in [1.54, 1.807) is 25.1 Å². The van der Waals surface area contributed by atoms with Gasteiger partial charge in [-0.05, 0) is 24.6 Å². The van der Waals surface area contributed by atoms with Crippen LogP contribution in [-0.4, -0.2) is 39.4 Å². The molecular formula is C20H22N2O7. The highest BCUT2D eigenvalue weighted by atomic mass is 16.5. The molecule has 1 aliphatic heterocycles. The number of carbonyl (C=O) groups is 1. The van der Waals surface area contributed by atoms with Gasteiger partial charge in [0.2, 0.25) is 11.6 Å². The van der Waals surface area contributed by atoms with Gasteiger partial charge in [-0.15, -0.1) is 0 Å². The van der Waals surface area contributed by atoms with E-state index >= 15 is 0 Å². The Kier molecular flexibility index (Phi) is 5.40. The topological polar surface area (TPSA) is 122 Å². The van der Waals surface area contributed by atoms with Gasteiger partial charge in [0, 0.05) is 11.8 Å². The van der Waals surface area contributed by atoms with E-state index in [4.69, 9.17) is 29.4 Å². The standard InChI is InChI=1S/C20H22N2O7/c1-9-6-11-15(19(23)22-9)14(16(18(21)29-11)20(24)28-5)10-7-12(25-2)17(27-4)13(8-10)26-3/h6-8,14H,21H2,1-5H3,(H,22,23)/t14-/m1/s1. The molecule has 0 unspecified atom stereocenters. The number of nitrogens with one attached hydrogen (secondary N) is 1. The smallest absolute Gasteiger partial charge is 0.340 e. The van der Waals surface area contributed by atoms with Crippen LogP contribution in [0.25, 0.3) is 0 Å². The van der Waals surface area contributed by atoms with Gasteiger partial charge in [0.15, 0.2) is 11.5 Å². The summed E-state index contributed by atoms with van der Waals surface area (Å²) in [5.74, 6) is -0.373. The zero-order valence-corrected chi connectivity index (χ0v) is 16.7. The summed E-state index contributed by atoms with van der Waals surface area (Å²) < 4.78 is 26.7. The van der Waals surface area contributed by atoms with Crippen molar-refractivity contribution in [2.45, 2.75) is 12.8 Å². The number of methoxy groups -OCH3 is 4. The monoisotopic (exact) mass is 402 g/mol. The summed E-state index contributed by atoms with van der Waals surface area (Å²) in [5, 5.41) is 0. The SMILES string of the molecule is COC(=O)C1=C(N)Oc2cc(C)[nH]c(=O)c2[C@H]1c1cc(OC)c(OC)c(OC)c1. The van der Waals surface area contributed by atoms with Gasteiger partial charge in [-0.2, -0.15) is 0 Å². The lowest BCUT2D eigenvalue weighted by molar-refractivity contribution is -0.136. The van der Waals surface area contributed by atoms with Gasteiger partial charge in [-0.3, -0.25) is 4.79 Å². The molecule has 0 bridgehead atoms. The number of H-pyrrole nitrogens is 1. The van der Waals surface area contributed by atoms with Crippen molar-refractivity contribution in [3.05, 3.63) is 56.8 Å². The number of rotatable bonds is 5. The molecule has 0 saturated carbocycles. The van der Waals surface area contributed by atoms with E-state index in [-0.39, 0.29) is 22.8 Å². The highest BCUT2D eigenvalue weighted by molar-refractivity contribution is 5.92. The molecule has 0 saturated heterocycles. The summed E-state index contributed by atoms with van der Waals surface area (Å²) in [6.45, 7) is 1.72. The van der Waals surface area contributed by atoms with Gasteiger partial charge in [-0.25, -0.2) is 4.79 Å². The minimum atomic E-state index is -0.871. The molecular weight excluding hydrogens is 380 g/mol. The minimum absolute atomic E-state index is 0.00336. The van der Waals surface area contributed by atoms with E-state index in [0.717, 1.165) is 0 Å². The number of aryl methyl sites for hydroxylation is 1. The molecule has 29 heavy (non-hydrogen) atoms. The normalized spacial score (nSPS) is 15.3. The number of benzene rings is 1. The van der Waals surface area contributed by atoms with E-state index in [9.17, 15) is 9.59 Å². The Morgan fingerprint density at radius 2 is 1.69 bits per heavy atom. The van der Waals surface area contributed by atoms with Crippen LogP contribution in [0.1, 0.15) is 22.7 Å². The first-order valence-corrected chi connectivity index (χ1v) is 8.65. The van der Waals surface area contributed by atoms with E-state index in [2.05, 4.69) is 4.98 Å². The lowest BCUT2D eigenvalue weighted by Crippen LogP contribution is -2.31. The highest BCUT2D eigenvalue weighted by Crippen LogP contribution is 2.46. The Morgan fingerprint density at radius 1 is 1.07 bits per heavy atom. The number of carbonyl (C=O) groups excluding carboxylic acids is 1. The van der Waals surface area contributed by atoms with E-state index in [0.29, 0.717) is 28.5 Å². The number of aromatic amines is 1. The molecule has 0 amide bonds. The van der Waals surface area contributed by atoms with Crippen LogP contribution in [0.15, 0.2) is 34.4 Å². The van der Waals surface area contributed by atoms with Crippen molar-refractivity contribution in [2.75, 3.05) is 28.4 Å². The molecule has 1 aromatic heterocycles. The largest absolute Gasteiger partial charge is 0.493 e. The first-order valence-electron chi connectivity index (χ1n) is 8.65. The van der Waals surface area contributed by atoms with Crippen LogP contribution in [0.5, 0.6) is 23.0 Å². The zero-order valence-electron chi connectivity index (χ0n) is 16.7. The van der Waals surface area contributed by atoms with E-state index < -0.39 is 17.4 Å². The van der Waals surface area contributed by atoms with Crippen molar-refractivity contribution in [2.24, 2.45) is 5.73 Å². The fraction of sp³-hybridized carbons (Fsp3) is 0.300. The fourth-order valence-corrected chi connectivity index (χ4v) is 3.42. The van der Waals surface area contributed by atoms with Crippen LogP contribution >= 0.6 is 0 Å². The highest BCUT2D eigenvalue weighted by Gasteiger charge is 2.38. The van der Waals surface area contributed by atoms with Crippen LogP contribution in [0.3, 0.4) is 0 Å². The Morgan fingerprint density at radius 3 is 2.21 bits per heavy atom. The maximum atomic E-state index is 12.8. The molecule has 3 N–H and O–H groups in total. The second-order valence-corrected chi connectivity index (χ2v) is 6.32. The molecule has 2 aromatic rings. The molecule has 0 spiro atoms. The van der Waals surface area contributed by atoms with Crippen LogP contribution in [0.4, 0.5) is 0 Å². The Labute approximate surface area is 167 Å². The van der Waals surface area contributed by atoms with Gasteiger partial charge in [0.1, 0.15) is 11.3 Å². The second kappa shape index (κ2) is 7.78. The van der Waals surface area contributed by atoms with Gasteiger partial charge in [-0.1, -0.05) is 0 Å². The third kappa shape index (κ3) is 3.35. The number of hydrogen-bond acceptors (Lipinski definition) is 8. The van der Waals surface area contributed by atoms with E-state index in [1.807, 2.05) is 0 Å². The average Bonchev–Trinajstić information content (AvgIpc) is 2.70. The number of pyridine rings is 1. The van der Waals surface area contributed by atoms with Crippen molar-refractivity contribution < 1.29 is 28.5 Å².